The van der Waals surface area contributed by atoms with Gasteiger partial charge in [-0.1, -0.05) is 0 Å². The number of nitrogens with zero attached hydrogens (tertiary/aromatic N) is 2. The van der Waals surface area contributed by atoms with Crippen LogP contribution in [0.1, 0.15) is 36.4 Å². The van der Waals surface area contributed by atoms with Crippen molar-refractivity contribution in [2.45, 2.75) is 52.4 Å². The molecule has 3 rings (SSSR count). The van der Waals surface area contributed by atoms with E-state index in [9.17, 15) is 4.79 Å². The van der Waals surface area contributed by atoms with Crippen LogP contribution in [0.15, 0.2) is 12.1 Å². The lowest BCUT2D eigenvalue weighted by atomic mass is 9.94. The van der Waals surface area contributed by atoms with Crippen LogP contribution < -0.4 is 0 Å². The fraction of sp³-hybridized carbons (Fsp3) is 0.722. The van der Waals surface area contributed by atoms with E-state index in [-0.39, 0.29) is 18.1 Å². The van der Waals surface area contributed by atoms with Gasteiger partial charge >= 0.3 is 0 Å². The zero-order chi connectivity index (χ0) is 16.4. The minimum absolute atomic E-state index is 0.157. The second kappa shape index (κ2) is 7.32. The van der Waals surface area contributed by atoms with Gasteiger partial charge in [-0.3, -0.25) is 9.69 Å². The molecule has 0 N–H and O–H groups in total. The molecule has 128 valence electrons. The zero-order valence-corrected chi connectivity index (χ0v) is 15.3. The van der Waals surface area contributed by atoms with Crippen LogP contribution in [-0.2, 0) is 16.1 Å². The highest BCUT2D eigenvalue weighted by Crippen LogP contribution is 2.24. The lowest BCUT2D eigenvalue weighted by molar-refractivity contribution is -0.148. The van der Waals surface area contributed by atoms with Gasteiger partial charge in [0.25, 0.3) is 0 Å². The Morgan fingerprint density at radius 1 is 1.22 bits per heavy atom. The molecule has 0 radical (unpaired) electrons. The molecular weight excluding hydrogens is 308 g/mol. The maximum Gasteiger partial charge on any atom is 0.225 e. The number of carbonyl (C=O) groups excluding carboxylic acids is 1. The first-order valence-electron chi connectivity index (χ1n) is 8.73. The lowest BCUT2D eigenvalue weighted by Crippen LogP contribution is -2.51. The monoisotopic (exact) mass is 336 g/mol. The van der Waals surface area contributed by atoms with Gasteiger partial charge in [-0.05, 0) is 58.8 Å². The Morgan fingerprint density at radius 2 is 1.87 bits per heavy atom. The number of hydrogen-bond donors (Lipinski definition) is 0. The van der Waals surface area contributed by atoms with Crippen LogP contribution in [0.2, 0.25) is 0 Å². The van der Waals surface area contributed by atoms with Crippen molar-refractivity contribution in [2.24, 2.45) is 5.92 Å². The summed E-state index contributed by atoms with van der Waals surface area (Å²) in [4.78, 5) is 20.1. The number of piperidine rings is 1. The number of rotatable bonds is 3. The largest absolute Gasteiger partial charge is 0.372 e. The van der Waals surface area contributed by atoms with Crippen molar-refractivity contribution in [3.05, 3.63) is 21.9 Å². The Balaban J connectivity index is 1.49. The molecule has 0 spiro atoms. The van der Waals surface area contributed by atoms with Crippen molar-refractivity contribution in [3.8, 4) is 0 Å². The summed E-state index contributed by atoms with van der Waals surface area (Å²) in [5.41, 5.74) is 0. The maximum atomic E-state index is 12.8. The van der Waals surface area contributed by atoms with Crippen LogP contribution >= 0.6 is 11.3 Å². The second-order valence-electron chi connectivity index (χ2n) is 7.06. The van der Waals surface area contributed by atoms with E-state index >= 15 is 0 Å². The van der Waals surface area contributed by atoms with Gasteiger partial charge in [0.15, 0.2) is 0 Å². The standard InChI is InChI=1S/C18H28N2O2S/c1-13-10-20(11-14(2)22-13)18(21)16-6-8-19(9-7-16)12-17-5-4-15(3)23-17/h4-5,13-14,16H,6-12H2,1-3H3/t13-,14-/m0/s1. The van der Waals surface area contributed by atoms with E-state index in [1.807, 2.05) is 16.2 Å². The third kappa shape index (κ3) is 4.34. The number of thiophene rings is 1. The number of aryl methyl sites for hydroxylation is 1. The third-order valence-electron chi connectivity index (χ3n) is 4.84. The molecule has 2 aliphatic rings. The SMILES string of the molecule is Cc1ccc(CN2CCC(C(=O)N3C[C@H](C)O[C@@H](C)C3)CC2)s1. The predicted molar refractivity (Wildman–Crippen MR) is 93.6 cm³/mol. The highest BCUT2D eigenvalue weighted by molar-refractivity contribution is 7.11. The zero-order valence-electron chi connectivity index (χ0n) is 14.5. The number of likely N-dealkylation sites (tertiary alicyclic amines) is 1. The quantitative estimate of drug-likeness (QED) is 0.851. The minimum Gasteiger partial charge on any atom is -0.372 e. The molecule has 1 amide bonds. The van der Waals surface area contributed by atoms with Crippen LogP contribution in [0.25, 0.3) is 0 Å². The fourth-order valence-electron chi connectivity index (χ4n) is 3.74. The molecule has 1 aromatic heterocycles. The van der Waals surface area contributed by atoms with Crippen molar-refractivity contribution >= 4 is 17.2 Å². The third-order valence-corrected chi connectivity index (χ3v) is 5.83. The molecule has 1 aromatic rings. The smallest absolute Gasteiger partial charge is 0.225 e. The molecule has 2 saturated heterocycles. The summed E-state index contributed by atoms with van der Waals surface area (Å²) < 4.78 is 5.74. The van der Waals surface area contributed by atoms with Gasteiger partial charge in [-0.2, -0.15) is 0 Å². The molecule has 23 heavy (non-hydrogen) atoms. The molecular formula is C18H28N2O2S. The van der Waals surface area contributed by atoms with Gasteiger partial charge < -0.3 is 9.64 Å². The lowest BCUT2D eigenvalue weighted by Gasteiger charge is -2.39. The average molecular weight is 337 g/mol. The number of carbonyl (C=O) groups is 1. The molecule has 5 heteroatoms. The van der Waals surface area contributed by atoms with Crippen LogP contribution in [0, 0.1) is 12.8 Å². The van der Waals surface area contributed by atoms with Crippen molar-refractivity contribution in [1.29, 1.82) is 0 Å². The summed E-state index contributed by atoms with van der Waals surface area (Å²) in [5, 5.41) is 0. The normalized spacial score (nSPS) is 27.3. The number of ether oxygens (including phenoxy) is 1. The van der Waals surface area contributed by atoms with E-state index in [4.69, 9.17) is 4.74 Å². The Hall–Kier alpha value is -0.910. The van der Waals surface area contributed by atoms with Gasteiger partial charge in [0.1, 0.15) is 0 Å². The highest BCUT2D eigenvalue weighted by atomic mass is 32.1. The number of amides is 1. The highest BCUT2D eigenvalue weighted by Gasteiger charge is 2.32. The van der Waals surface area contributed by atoms with Crippen LogP contribution in [0.4, 0.5) is 0 Å². The van der Waals surface area contributed by atoms with Crippen LogP contribution in [-0.4, -0.2) is 54.1 Å². The van der Waals surface area contributed by atoms with Gasteiger partial charge in [0.2, 0.25) is 5.91 Å². The van der Waals surface area contributed by atoms with Crippen molar-refractivity contribution < 1.29 is 9.53 Å². The summed E-state index contributed by atoms with van der Waals surface area (Å²) in [6, 6.07) is 4.42. The Bertz CT molecular complexity index is 527. The summed E-state index contributed by atoms with van der Waals surface area (Å²) in [6.45, 7) is 10.9. The predicted octanol–water partition coefficient (Wildman–Crippen LogP) is 2.90. The van der Waals surface area contributed by atoms with E-state index in [2.05, 4.69) is 37.8 Å². The first-order valence-corrected chi connectivity index (χ1v) is 9.55. The van der Waals surface area contributed by atoms with Gasteiger partial charge in [-0.15, -0.1) is 11.3 Å². The maximum absolute atomic E-state index is 12.8. The minimum atomic E-state index is 0.157. The molecule has 3 heterocycles. The first-order chi connectivity index (χ1) is 11.0. The first kappa shape index (κ1) is 16.9. The van der Waals surface area contributed by atoms with E-state index in [0.717, 1.165) is 45.6 Å². The Labute approximate surface area is 143 Å². The van der Waals surface area contributed by atoms with Crippen molar-refractivity contribution in [2.75, 3.05) is 26.2 Å². The molecule has 0 aliphatic carbocycles. The van der Waals surface area contributed by atoms with Gasteiger partial charge in [-0.25, -0.2) is 0 Å². The van der Waals surface area contributed by atoms with E-state index in [1.54, 1.807) is 0 Å². The second-order valence-corrected chi connectivity index (χ2v) is 8.44. The number of hydrogen-bond acceptors (Lipinski definition) is 4. The molecule has 2 fully saturated rings. The van der Waals surface area contributed by atoms with E-state index < -0.39 is 0 Å². The molecule has 0 aromatic carbocycles. The fourth-order valence-corrected chi connectivity index (χ4v) is 4.68. The topological polar surface area (TPSA) is 32.8 Å². The molecule has 2 aliphatic heterocycles. The van der Waals surface area contributed by atoms with Crippen molar-refractivity contribution in [1.82, 2.24) is 9.80 Å². The van der Waals surface area contributed by atoms with Crippen molar-refractivity contribution in [3.63, 3.8) is 0 Å². The molecule has 0 unspecified atom stereocenters. The van der Waals surface area contributed by atoms with Crippen LogP contribution in [0.5, 0.6) is 0 Å². The van der Waals surface area contributed by atoms with E-state index in [1.165, 1.54) is 9.75 Å². The van der Waals surface area contributed by atoms with Crippen LogP contribution in [0.3, 0.4) is 0 Å². The molecule has 0 bridgehead atoms. The molecule has 4 nitrogen and oxygen atoms in total. The van der Waals surface area contributed by atoms with Gasteiger partial charge in [0.05, 0.1) is 12.2 Å². The van der Waals surface area contributed by atoms with E-state index in [0.29, 0.717) is 5.91 Å². The summed E-state index contributed by atoms with van der Waals surface area (Å²) in [6.07, 6.45) is 2.29. The summed E-state index contributed by atoms with van der Waals surface area (Å²) >= 11 is 1.88. The molecule has 0 saturated carbocycles. The Morgan fingerprint density at radius 3 is 2.43 bits per heavy atom. The van der Waals surface area contributed by atoms with Gasteiger partial charge in [0, 0.05) is 35.3 Å². The summed E-state index contributed by atoms with van der Waals surface area (Å²) in [7, 11) is 0. The average Bonchev–Trinajstić information content (AvgIpc) is 2.91. The molecule has 2 atom stereocenters. The Kier molecular flexibility index (Phi) is 5.39. The summed E-state index contributed by atoms with van der Waals surface area (Å²) in [5.74, 6) is 0.549. The number of morpholine rings is 1.